The predicted molar refractivity (Wildman–Crippen MR) is 134 cm³/mol. The van der Waals surface area contributed by atoms with Crippen LogP contribution in [0, 0.1) is 5.92 Å². The highest BCUT2D eigenvalue weighted by atomic mass is 32.1. The average Bonchev–Trinajstić information content (AvgIpc) is 2.82. The van der Waals surface area contributed by atoms with Gasteiger partial charge in [0.05, 0.1) is 17.9 Å². The second-order valence-electron chi connectivity index (χ2n) is 7.62. The van der Waals surface area contributed by atoms with E-state index in [9.17, 15) is 4.79 Å². The lowest BCUT2D eigenvalue weighted by molar-refractivity contribution is 0.0973. The van der Waals surface area contributed by atoms with E-state index in [0.29, 0.717) is 48.5 Å². The highest BCUT2D eigenvalue weighted by molar-refractivity contribution is 7.80. The lowest BCUT2D eigenvalue weighted by atomic mass is 10.2. The van der Waals surface area contributed by atoms with Crippen LogP contribution in [0.3, 0.4) is 0 Å². The molecule has 7 heteroatoms. The van der Waals surface area contributed by atoms with Gasteiger partial charge in [-0.2, -0.15) is 0 Å². The van der Waals surface area contributed by atoms with E-state index in [4.69, 9.17) is 26.4 Å². The van der Waals surface area contributed by atoms with Gasteiger partial charge in [-0.1, -0.05) is 56.3 Å². The van der Waals surface area contributed by atoms with Crippen molar-refractivity contribution in [3.8, 4) is 17.2 Å². The van der Waals surface area contributed by atoms with Crippen molar-refractivity contribution < 1.29 is 19.0 Å². The molecule has 3 aromatic rings. The largest absolute Gasteiger partial charge is 0.492 e. The van der Waals surface area contributed by atoms with Crippen LogP contribution in [0.4, 0.5) is 5.69 Å². The lowest BCUT2D eigenvalue weighted by Gasteiger charge is -2.16. The van der Waals surface area contributed by atoms with E-state index in [1.807, 2.05) is 60.7 Å². The summed E-state index contributed by atoms with van der Waals surface area (Å²) in [6.45, 7) is 5.37. The first-order valence-corrected chi connectivity index (χ1v) is 11.2. The molecule has 0 aliphatic heterocycles. The van der Waals surface area contributed by atoms with Gasteiger partial charge >= 0.3 is 0 Å². The van der Waals surface area contributed by atoms with Crippen molar-refractivity contribution in [3.05, 3.63) is 84.4 Å². The summed E-state index contributed by atoms with van der Waals surface area (Å²) in [4.78, 5) is 12.8. The molecule has 0 radical (unpaired) electrons. The molecule has 3 rings (SSSR count). The van der Waals surface area contributed by atoms with Crippen LogP contribution < -0.4 is 24.8 Å². The van der Waals surface area contributed by atoms with Gasteiger partial charge < -0.3 is 19.5 Å². The molecule has 172 valence electrons. The summed E-state index contributed by atoms with van der Waals surface area (Å²) in [5.41, 5.74) is 1.07. The van der Waals surface area contributed by atoms with Crippen LogP contribution in [0.25, 0.3) is 0 Å². The average molecular weight is 465 g/mol. The van der Waals surface area contributed by atoms with E-state index in [0.717, 1.165) is 5.75 Å². The normalized spacial score (nSPS) is 10.4. The van der Waals surface area contributed by atoms with Crippen molar-refractivity contribution in [1.82, 2.24) is 5.32 Å². The van der Waals surface area contributed by atoms with Crippen LogP contribution >= 0.6 is 12.2 Å². The van der Waals surface area contributed by atoms with Crippen LogP contribution in [0.1, 0.15) is 24.2 Å². The van der Waals surface area contributed by atoms with Gasteiger partial charge in [0.1, 0.15) is 30.5 Å². The summed E-state index contributed by atoms with van der Waals surface area (Å²) in [5, 5.41) is 5.90. The quantitative estimate of drug-likeness (QED) is 0.313. The number of amides is 1. The lowest BCUT2D eigenvalue weighted by Crippen LogP contribution is -2.34. The minimum atomic E-state index is -0.346. The Bertz CT molecular complexity index is 1060. The van der Waals surface area contributed by atoms with Gasteiger partial charge in [-0.15, -0.1) is 0 Å². The highest BCUT2D eigenvalue weighted by Gasteiger charge is 2.15. The molecular formula is C26H28N2O4S. The Morgan fingerprint density at radius 3 is 2.21 bits per heavy atom. The van der Waals surface area contributed by atoms with Crippen molar-refractivity contribution in [1.29, 1.82) is 0 Å². The monoisotopic (exact) mass is 464 g/mol. The van der Waals surface area contributed by atoms with Crippen molar-refractivity contribution in [2.24, 2.45) is 5.92 Å². The molecule has 1 amide bonds. The van der Waals surface area contributed by atoms with Gasteiger partial charge in [-0.3, -0.25) is 10.1 Å². The summed E-state index contributed by atoms with van der Waals surface area (Å²) in [6.07, 6.45) is 0. The molecule has 0 aliphatic carbocycles. The highest BCUT2D eigenvalue weighted by Crippen LogP contribution is 2.24. The first kappa shape index (κ1) is 24.1. The number of para-hydroxylation sites is 4. The minimum Gasteiger partial charge on any atom is -0.492 e. The SMILES string of the molecule is CC(C)COc1ccccc1C(=O)NC(=S)Nc1ccccc1OCCOc1ccccc1. The molecule has 0 atom stereocenters. The number of carbonyl (C=O) groups is 1. The van der Waals surface area contributed by atoms with E-state index in [1.165, 1.54) is 0 Å². The van der Waals surface area contributed by atoms with Gasteiger partial charge in [0.25, 0.3) is 5.91 Å². The molecule has 2 N–H and O–H groups in total. The third-order valence-corrected chi connectivity index (χ3v) is 4.62. The first-order chi connectivity index (χ1) is 16.0. The molecule has 0 heterocycles. The van der Waals surface area contributed by atoms with Crippen molar-refractivity contribution in [2.45, 2.75) is 13.8 Å². The number of ether oxygens (including phenoxy) is 3. The van der Waals surface area contributed by atoms with Gasteiger partial charge in [-0.05, 0) is 54.5 Å². The Morgan fingerprint density at radius 1 is 0.818 bits per heavy atom. The van der Waals surface area contributed by atoms with E-state index in [-0.39, 0.29) is 11.0 Å². The van der Waals surface area contributed by atoms with Gasteiger partial charge in [0.15, 0.2) is 5.11 Å². The van der Waals surface area contributed by atoms with Crippen molar-refractivity contribution in [2.75, 3.05) is 25.1 Å². The maximum absolute atomic E-state index is 12.8. The zero-order chi connectivity index (χ0) is 23.5. The van der Waals surface area contributed by atoms with Crippen LogP contribution in [-0.2, 0) is 0 Å². The summed E-state index contributed by atoms with van der Waals surface area (Å²) in [5.74, 6) is 1.91. The number of thiocarbonyl (C=S) groups is 1. The summed E-state index contributed by atoms with van der Waals surface area (Å²) >= 11 is 5.36. The Kier molecular flexibility index (Phi) is 9.08. The maximum atomic E-state index is 12.8. The second-order valence-corrected chi connectivity index (χ2v) is 8.02. The Balaban J connectivity index is 1.55. The predicted octanol–water partition coefficient (Wildman–Crippen LogP) is 5.31. The van der Waals surface area contributed by atoms with Crippen LogP contribution in [-0.4, -0.2) is 30.8 Å². The van der Waals surface area contributed by atoms with Gasteiger partial charge in [-0.25, -0.2) is 0 Å². The zero-order valence-electron chi connectivity index (χ0n) is 18.7. The third kappa shape index (κ3) is 7.80. The molecule has 3 aromatic carbocycles. The van der Waals surface area contributed by atoms with E-state index in [1.54, 1.807) is 18.2 Å². The third-order valence-electron chi connectivity index (χ3n) is 4.42. The molecule has 0 saturated carbocycles. The fourth-order valence-corrected chi connectivity index (χ4v) is 3.09. The topological polar surface area (TPSA) is 68.8 Å². The second kappa shape index (κ2) is 12.5. The molecule has 6 nitrogen and oxygen atoms in total. The van der Waals surface area contributed by atoms with E-state index in [2.05, 4.69) is 24.5 Å². The number of anilines is 1. The standard InChI is InChI=1S/C26H28N2O4S/c1-19(2)18-32-23-14-8-6-12-21(23)25(29)28-26(33)27-22-13-7-9-15-24(22)31-17-16-30-20-10-4-3-5-11-20/h3-15,19H,16-18H2,1-2H3,(H2,27,28,29,33). The molecule has 0 saturated heterocycles. The smallest absolute Gasteiger partial charge is 0.261 e. The zero-order valence-corrected chi connectivity index (χ0v) is 19.6. The summed E-state index contributed by atoms with van der Waals surface area (Å²) in [6, 6.07) is 24.0. The summed E-state index contributed by atoms with van der Waals surface area (Å²) in [7, 11) is 0. The van der Waals surface area contributed by atoms with Crippen molar-refractivity contribution >= 4 is 28.9 Å². The fraction of sp³-hybridized carbons (Fsp3) is 0.231. The molecular weight excluding hydrogens is 436 g/mol. The Hall–Kier alpha value is -3.58. The Labute approximate surface area is 199 Å². The number of nitrogens with one attached hydrogen (secondary N) is 2. The van der Waals surface area contributed by atoms with Crippen molar-refractivity contribution in [3.63, 3.8) is 0 Å². The van der Waals surface area contributed by atoms with Gasteiger partial charge in [0.2, 0.25) is 0 Å². The van der Waals surface area contributed by atoms with Crippen LogP contribution in [0.5, 0.6) is 17.2 Å². The number of carbonyl (C=O) groups excluding carboxylic acids is 1. The molecule has 0 aromatic heterocycles. The first-order valence-electron chi connectivity index (χ1n) is 10.8. The molecule has 0 aliphatic rings. The van der Waals surface area contributed by atoms with E-state index < -0.39 is 0 Å². The maximum Gasteiger partial charge on any atom is 0.261 e. The van der Waals surface area contributed by atoms with E-state index >= 15 is 0 Å². The molecule has 0 fully saturated rings. The number of rotatable bonds is 10. The molecule has 0 bridgehead atoms. The van der Waals surface area contributed by atoms with Gasteiger partial charge in [0, 0.05) is 0 Å². The minimum absolute atomic E-state index is 0.162. The number of benzene rings is 3. The number of hydrogen-bond donors (Lipinski definition) is 2. The van der Waals surface area contributed by atoms with Crippen LogP contribution in [0.15, 0.2) is 78.9 Å². The summed E-state index contributed by atoms with van der Waals surface area (Å²) < 4.78 is 17.3. The fourth-order valence-electron chi connectivity index (χ4n) is 2.88. The Morgan fingerprint density at radius 2 is 1.45 bits per heavy atom. The molecule has 33 heavy (non-hydrogen) atoms. The molecule has 0 spiro atoms. The molecule has 0 unspecified atom stereocenters. The number of hydrogen-bond acceptors (Lipinski definition) is 5. The van der Waals surface area contributed by atoms with Crippen LogP contribution in [0.2, 0.25) is 0 Å².